The van der Waals surface area contributed by atoms with Gasteiger partial charge in [-0.15, -0.1) is 12.4 Å². The summed E-state index contributed by atoms with van der Waals surface area (Å²) in [4.78, 5) is 21.6. The molecule has 0 radical (unpaired) electrons. The average molecular weight is 274 g/mol. The molecule has 0 heterocycles. The number of amides is 1. The number of hydrogen-bond donors (Lipinski definition) is 2. The third-order valence-corrected chi connectivity index (χ3v) is 2.16. The van der Waals surface area contributed by atoms with Gasteiger partial charge in [0.15, 0.2) is 0 Å². The first-order chi connectivity index (χ1) is 8.15. The number of benzene rings is 1. The molecule has 1 aromatic carbocycles. The van der Waals surface area contributed by atoms with Crippen LogP contribution in [0.1, 0.15) is 17.3 Å². The summed E-state index contributed by atoms with van der Waals surface area (Å²) in [6.07, 6.45) is 0. The SMILES string of the molecule is CCNCCNC(=O)c1cccc([N+](=O)[O-])c1.Cl. The molecule has 1 rings (SSSR count). The molecule has 0 bridgehead atoms. The van der Waals surface area contributed by atoms with E-state index in [1.807, 2.05) is 6.92 Å². The van der Waals surface area contributed by atoms with Crippen molar-refractivity contribution in [3.63, 3.8) is 0 Å². The molecule has 6 nitrogen and oxygen atoms in total. The Morgan fingerprint density at radius 2 is 2.11 bits per heavy atom. The van der Waals surface area contributed by atoms with Crippen LogP contribution in [0.5, 0.6) is 0 Å². The molecule has 0 aliphatic carbocycles. The summed E-state index contributed by atoms with van der Waals surface area (Å²) in [5.41, 5.74) is 0.222. The Labute approximate surface area is 111 Å². The molecule has 0 fully saturated rings. The highest BCUT2D eigenvalue weighted by Gasteiger charge is 2.10. The number of nitro benzene ring substituents is 1. The number of carbonyl (C=O) groups excluding carboxylic acids is 1. The summed E-state index contributed by atoms with van der Waals surface area (Å²) < 4.78 is 0. The quantitative estimate of drug-likeness (QED) is 0.466. The Balaban J connectivity index is 0.00000289. The monoisotopic (exact) mass is 273 g/mol. The van der Waals surface area contributed by atoms with Crippen molar-refractivity contribution in [3.05, 3.63) is 39.9 Å². The van der Waals surface area contributed by atoms with E-state index in [9.17, 15) is 14.9 Å². The van der Waals surface area contributed by atoms with Crippen molar-refractivity contribution in [2.45, 2.75) is 6.92 Å². The van der Waals surface area contributed by atoms with E-state index in [0.717, 1.165) is 6.54 Å². The highest BCUT2D eigenvalue weighted by atomic mass is 35.5. The number of non-ortho nitro benzene ring substituents is 1. The van der Waals surface area contributed by atoms with Gasteiger partial charge in [-0.05, 0) is 12.6 Å². The first-order valence-corrected chi connectivity index (χ1v) is 5.38. The zero-order chi connectivity index (χ0) is 12.7. The van der Waals surface area contributed by atoms with Crippen LogP contribution in [-0.4, -0.2) is 30.5 Å². The highest BCUT2D eigenvalue weighted by molar-refractivity contribution is 5.94. The Morgan fingerprint density at radius 3 is 2.72 bits per heavy atom. The third kappa shape index (κ3) is 5.11. The molecule has 0 saturated heterocycles. The van der Waals surface area contributed by atoms with Crippen LogP contribution in [0, 0.1) is 10.1 Å². The Hall–Kier alpha value is -1.66. The van der Waals surface area contributed by atoms with E-state index in [4.69, 9.17) is 0 Å². The summed E-state index contributed by atoms with van der Waals surface area (Å²) in [6, 6.07) is 5.67. The predicted molar refractivity (Wildman–Crippen MR) is 71.2 cm³/mol. The number of rotatable bonds is 6. The second-order valence-corrected chi connectivity index (χ2v) is 3.42. The lowest BCUT2D eigenvalue weighted by atomic mass is 10.2. The van der Waals surface area contributed by atoms with Gasteiger partial charge in [0.05, 0.1) is 4.92 Å². The van der Waals surface area contributed by atoms with Crippen LogP contribution in [0.25, 0.3) is 0 Å². The van der Waals surface area contributed by atoms with E-state index < -0.39 is 4.92 Å². The minimum absolute atomic E-state index is 0. The van der Waals surface area contributed by atoms with Gasteiger partial charge in [-0.3, -0.25) is 14.9 Å². The maximum atomic E-state index is 11.6. The molecule has 0 spiro atoms. The van der Waals surface area contributed by atoms with Crippen LogP contribution in [0.2, 0.25) is 0 Å². The van der Waals surface area contributed by atoms with Crippen LogP contribution in [0.15, 0.2) is 24.3 Å². The summed E-state index contributed by atoms with van der Waals surface area (Å²) in [6.45, 7) is 3.99. The van der Waals surface area contributed by atoms with Crippen molar-refractivity contribution < 1.29 is 9.72 Å². The van der Waals surface area contributed by atoms with Gasteiger partial charge >= 0.3 is 0 Å². The zero-order valence-corrected chi connectivity index (χ0v) is 10.8. The van der Waals surface area contributed by atoms with E-state index in [-0.39, 0.29) is 24.0 Å². The van der Waals surface area contributed by atoms with Crippen LogP contribution in [0.3, 0.4) is 0 Å². The maximum absolute atomic E-state index is 11.6. The van der Waals surface area contributed by atoms with Crippen LogP contribution in [-0.2, 0) is 0 Å². The van der Waals surface area contributed by atoms with Gasteiger partial charge in [0.1, 0.15) is 0 Å². The molecule has 100 valence electrons. The number of nitrogens with one attached hydrogen (secondary N) is 2. The third-order valence-electron chi connectivity index (χ3n) is 2.16. The average Bonchev–Trinajstić information content (AvgIpc) is 2.34. The summed E-state index contributed by atoms with van der Waals surface area (Å²) >= 11 is 0. The van der Waals surface area contributed by atoms with Gasteiger partial charge < -0.3 is 10.6 Å². The fourth-order valence-corrected chi connectivity index (χ4v) is 1.30. The zero-order valence-electron chi connectivity index (χ0n) is 10.0. The van der Waals surface area contributed by atoms with Crippen molar-refractivity contribution in [1.29, 1.82) is 0 Å². The number of carbonyl (C=O) groups is 1. The first kappa shape index (κ1) is 16.3. The molecular formula is C11H16ClN3O3. The van der Waals surface area contributed by atoms with Crippen molar-refractivity contribution >= 4 is 24.0 Å². The van der Waals surface area contributed by atoms with Crippen molar-refractivity contribution in [2.75, 3.05) is 19.6 Å². The minimum Gasteiger partial charge on any atom is -0.351 e. The molecule has 0 atom stereocenters. The normalized spacial score (nSPS) is 9.39. The van der Waals surface area contributed by atoms with Gasteiger partial charge in [-0.2, -0.15) is 0 Å². The topological polar surface area (TPSA) is 84.3 Å². The lowest BCUT2D eigenvalue weighted by Gasteiger charge is -2.05. The molecule has 2 N–H and O–H groups in total. The first-order valence-electron chi connectivity index (χ1n) is 5.38. The van der Waals surface area contributed by atoms with Gasteiger partial charge in [-0.25, -0.2) is 0 Å². The Kier molecular flexibility index (Phi) is 7.66. The lowest BCUT2D eigenvalue weighted by molar-refractivity contribution is -0.384. The van der Waals surface area contributed by atoms with Crippen molar-refractivity contribution in [1.82, 2.24) is 10.6 Å². The summed E-state index contributed by atoms with van der Waals surface area (Å²) in [5, 5.41) is 16.3. The van der Waals surface area contributed by atoms with Crippen LogP contribution < -0.4 is 10.6 Å². The van der Waals surface area contributed by atoms with Crippen LogP contribution >= 0.6 is 12.4 Å². The van der Waals surface area contributed by atoms with Gasteiger partial charge in [0.2, 0.25) is 0 Å². The molecule has 0 aromatic heterocycles. The van der Waals surface area contributed by atoms with E-state index in [0.29, 0.717) is 18.7 Å². The Bertz CT molecular complexity index is 412. The number of halogens is 1. The van der Waals surface area contributed by atoms with E-state index in [1.54, 1.807) is 6.07 Å². The van der Waals surface area contributed by atoms with E-state index >= 15 is 0 Å². The van der Waals surface area contributed by atoms with Crippen LogP contribution in [0.4, 0.5) is 5.69 Å². The maximum Gasteiger partial charge on any atom is 0.270 e. The van der Waals surface area contributed by atoms with Crippen molar-refractivity contribution in [3.8, 4) is 0 Å². The van der Waals surface area contributed by atoms with Crippen molar-refractivity contribution in [2.24, 2.45) is 0 Å². The molecule has 1 amide bonds. The predicted octanol–water partition coefficient (Wildman–Crippen LogP) is 1.36. The summed E-state index contributed by atoms with van der Waals surface area (Å²) in [5.74, 6) is -0.299. The second kappa shape index (κ2) is 8.43. The largest absolute Gasteiger partial charge is 0.351 e. The molecule has 7 heteroatoms. The fourth-order valence-electron chi connectivity index (χ4n) is 1.30. The standard InChI is InChI=1S/C11H15N3O3.ClH/c1-2-12-6-7-13-11(15)9-4-3-5-10(8-9)14(16)17;/h3-5,8,12H,2,6-7H2,1H3,(H,13,15);1H. The molecule has 0 unspecified atom stereocenters. The fraction of sp³-hybridized carbons (Fsp3) is 0.364. The smallest absolute Gasteiger partial charge is 0.270 e. The molecule has 18 heavy (non-hydrogen) atoms. The van der Waals surface area contributed by atoms with E-state index in [2.05, 4.69) is 10.6 Å². The number of nitrogens with zero attached hydrogens (tertiary/aromatic N) is 1. The summed E-state index contributed by atoms with van der Waals surface area (Å²) in [7, 11) is 0. The Morgan fingerprint density at radius 1 is 1.39 bits per heavy atom. The molecular weight excluding hydrogens is 258 g/mol. The second-order valence-electron chi connectivity index (χ2n) is 3.42. The van der Waals surface area contributed by atoms with Gasteiger partial charge in [0, 0.05) is 30.8 Å². The van der Waals surface area contributed by atoms with Gasteiger partial charge in [0.25, 0.3) is 11.6 Å². The molecule has 1 aromatic rings. The number of nitro groups is 1. The lowest BCUT2D eigenvalue weighted by Crippen LogP contribution is -2.31. The molecule has 0 aliphatic heterocycles. The minimum atomic E-state index is -0.518. The van der Waals surface area contributed by atoms with E-state index in [1.165, 1.54) is 18.2 Å². The van der Waals surface area contributed by atoms with Gasteiger partial charge in [-0.1, -0.05) is 13.0 Å². The molecule has 0 saturated carbocycles. The number of hydrogen-bond acceptors (Lipinski definition) is 4. The highest BCUT2D eigenvalue weighted by Crippen LogP contribution is 2.12. The number of likely N-dealkylation sites (N-methyl/N-ethyl adjacent to an activating group) is 1. The molecule has 0 aliphatic rings.